The van der Waals surface area contributed by atoms with Crippen LogP contribution < -0.4 is 5.46 Å². The first-order chi connectivity index (χ1) is 12.6. The monoisotopic (exact) mass is 393 g/mol. The molecule has 0 spiro atoms. The van der Waals surface area contributed by atoms with Crippen molar-refractivity contribution in [3.05, 3.63) is 29.1 Å². The lowest BCUT2D eigenvalue weighted by Gasteiger charge is -2.37. The van der Waals surface area contributed by atoms with Crippen molar-refractivity contribution in [3.8, 4) is 0 Å². The van der Waals surface area contributed by atoms with Gasteiger partial charge in [-0.1, -0.05) is 6.07 Å². The minimum Gasteiger partial charge on any atom is -0.443 e. The van der Waals surface area contributed by atoms with Crippen LogP contribution in [0.3, 0.4) is 0 Å². The van der Waals surface area contributed by atoms with Crippen molar-refractivity contribution in [3.63, 3.8) is 0 Å². The summed E-state index contributed by atoms with van der Waals surface area (Å²) in [5.41, 5.74) is -1.68. The molecule has 28 heavy (non-hydrogen) atoms. The highest BCUT2D eigenvalue weighted by Crippen LogP contribution is 2.25. The second-order valence-corrected chi connectivity index (χ2v) is 9.16. The molecule has 0 fully saturated rings. The highest BCUT2D eigenvalue weighted by atomic mass is 19.1. The molecule has 0 saturated heterocycles. The second kappa shape index (κ2) is 7.48. The Balaban J connectivity index is 2.21. The van der Waals surface area contributed by atoms with Crippen molar-refractivity contribution in [2.45, 2.75) is 71.7 Å². The molecule has 0 aliphatic carbocycles. The van der Waals surface area contributed by atoms with Crippen molar-refractivity contribution in [1.29, 1.82) is 0 Å². The van der Waals surface area contributed by atoms with Crippen LogP contribution in [0, 0.1) is 5.82 Å². The number of amides is 2. The molecule has 2 amide bonds. The third kappa shape index (κ3) is 4.91. The van der Waals surface area contributed by atoms with E-state index in [1.54, 1.807) is 54.5 Å². The summed E-state index contributed by atoms with van der Waals surface area (Å²) in [7, 11) is 0.0885. The van der Waals surface area contributed by atoms with E-state index in [1.165, 1.54) is 6.07 Å². The van der Waals surface area contributed by atoms with Gasteiger partial charge in [-0.25, -0.2) is 14.1 Å². The molecule has 0 saturated carbocycles. The van der Waals surface area contributed by atoms with E-state index < -0.39 is 34.6 Å². The Hall–Kier alpha value is -1.93. The van der Waals surface area contributed by atoms with Gasteiger partial charge in [0.2, 0.25) is 0 Å². The molecule has 0 unspecified atom stereocenters. The number of ether oxygens (including phenoxy) is 1. The zero-order chi connectivity index (χ0) is 21.5. The summed E-state index contributed by atoms with van der Waals surface area (Å²) in [5.74, 6) is -1.40. The fraction of sp³-hybridized carbons (Fsp3) is 0.600. The second-order valence-electron chi connectivity index (χ2n) is 9.16. The maximum Gasteiger partial charge on any atom is 0.417 e. The SMILES string of the molecule is CC(C)(C)OC(=O)N1CCc2cc(BOC(C)(C)C(C)(C)O)cc(F)c2C1=O. The highest BCUT2D eigenvalue weighted by Gasteiger charge is 2.37. The van der Waals surface area contributed by atoms with Gasteiger partial charge < -0.3 is 14.5 Å². The van der Waals surface area contributed by atoms with E-state index in [9.17, 15) is 19.1 Å². The lowest BCUT2D eigenvalue weighted by molar-refractivity contribution is -0.0893. The molecule has 8 heteroatoms. The normalized spacial score (nSPS) is 15.3. The average Bonchev–Trinajstić information content (AvgIpc) is 2.50. The first kappa shape index (κ1) is 22.4. The molecule has 1 aromatic carbocycles. The summed E-state index contributed by atoms with van der Waals surface area (Å²) < 4.78 is 25.7. The van der Waals surface area contributed by atoms with Crippen LogP contribution in [0.15, 0.2) is 12.1 Å². The lowest BCUT2D eigenvalue weighted by Crippen LogP contribution is -2.49. The van der Waals surface area contributed by atoms with Gasteiger partial charge in [0.25, 0.3) is 5.91 Å². The van der Waals surface area contributed by atoms with Gasteiger partial charge in [0, 0.05) is 6.54 Å². The Morgan fingerprint density at radius 3 is 2.32 bits per heavy atom. The smallest absolute Gasteiger partial charge is 0.417 e. The largest absolute Gasteiger partial charge is 0.443 e. The van der Waals surface area contributed by atoms with Gasteiger partial charge in [-0.05, 0) is 72.0 Å². The number of nitrogens with zero attached hydrogens (tertiary/aromatic N) is 1. The maximum atomic E-state index is 14.7. The molecule has 6 nitrogen and oxygen atoms in total. The standard InChI is InChI=1S/C20H29BFNO5/c1-18(2,3)27-17(25)23-9-8-12-10-13(11-14(22)15(12)16(23)24)21-28-20(6,7)19(4,5)26/h10-11,21,26H,8-9H2,1-7H3. The quantitative estimate of drug-likeness (QED) is 0.795. The fourth-order valence-electron chi connectivity index (χ4n) is 2.65. The van der Waals surface area contributed by atoms with Crippen molar-refractivity contribution in [1.82, 2.24) is 4.90 Å². The number of imide groups is 1. The van der Waals surface area contributed by atoms with Gasteiger partial charge in [0.15, 0.2) is 0 Å². The van der Waals surface area contributed by atoms with Crippen LogP contribution >= 0.6 is 0 Å². The molecule has 1 aliphatic heterocycles. The van der Waals surface area contributed by atoms with E-state index in [1.807, 2.05) is 0 Å². The van der Waals surface area contributed by atoms with E-state index >= 15 is 0 Å². The van der Waals surface area contributed by atoms with Crippen LogP contribution in [-0.2, 0) is 15.8 Å². The van der Waals surface area contributed by atoms with Gasteiger partial charge >= 0.3 is 13.6 Å². The number of aliphatic hydroxyl groups is 1. The number of hydrogen-bond donors (Lipinski definition) is 1. The van der Waals surface area contributed by atoms with Crippen molar-refractivity contribution in [2.75, 3.05) is 6.54 Å². The number of halogens is 1. The predicted octanol–water partition coefficient (Wildman–Crippen LogP) is 2.30. The van der Waals surface area contributed by atoms with E-state index in [0.717, 1.165) is 4.90 Å². The van der Waals surface area contributed by atoms with Crippen LogP contribution in [0.25, 0.3) is 0 Å². The molecule has 1 N–H and O–H groups in total. The minimum absolute atomic E-state index is 0.0885. The number of rotatable bonds is 4. The molecular formula is C20H29BFNO5. The third-order valence-corrected chi connectivity index (χ3v) is 4.98. The van der Waals surface area contributed by atoms with Crippen molar-refractivity contribution in [2.24, 2.45) is 0 Å². The molecule has 0 bridgehead atoms. The molecule has 1 aliphatic rings. The summed E-state index contributed by atoms with van der Waals surface area (Å²) in [6.45, 7) is 12.0. The molecule has 0 atom stereocenters. The molecule has 0 aromatic heterocycles. The van der Waals surface area contributed by atoms with Gasteiger partial charge in [0.1, 0.15) is 11.4 Å². The van der Waals surface area contributed by atoms with Gasteiger partial charge in [-0.15, -0.1) is 0 Å². The Labute approximate surface area is 166 Å². The minimum atomic E-state index is -1.08. The molecular weight excluding hydrogens is 364 g/mol. The highest BCUT2D eigenvalue weighted by molar-refractivity contribution is 6.47. The third-order valence-electron chi connectivity index (χ3n) is 4.98. The van der Waals surface area contributed by atoms with Crippen LogP contribution in [-0.4, -0.2) is 52.8 Å². The Morgan fingerprint density at radius 2 is 1.79 bits per heavy atom. The number of hydrogen-bond acceptors (Lipinski definition) is 5. The Morgan fingerprint density at radius 1 is 1.18 bits per heavy atom. The van der Waals surface area contributed by atoms with Crippen LogP contribution in [0.5, 0.6) is 0 Å². The molecule has 1 heterocycles. The van der Waals surface area contributed by atoms with Crippen molar-refractivity contribution >= 4 is 24.9 Å². The van der Waals surface area contributed by atoms with Gasteiger partial charge in [-0.3, -0.25) is 4.79 Å². The maximum absolute atomic E-state index is 14.7. The van der Waals surface area contributed by atoms with Crippen molar-refractivity contribution < 1.29 is 28.5 Å². The molecule has 2 rings (SSSR count). The summed E-state index contributed by atoms with van der Waals surface area (Å²) in [4.78, 5) is 25.8. The summed E-state index contributed by atoms with van der Waals surface area (Å²) in [5, 5.41) is 10.2. The van der Waals surface area contributed by atoms with E-state index in [4.69, 9.17) is 9.39 Å². The fourth-order valence-corrected chi connectivity index (χ4v) is 2.65. The zero-order valence-electron chi connectivity index (χ0n) is 17.7. The first-order valence-electron chi connectivity index (χ1n) is 9.35. The molecule has 1 aromatic rings. The van der Waals surface area contributed by atoms with Crippen LogP contribution in [0.4, 0.5) is 9.18 Å². The predicted molar refractivity (Wildman–Crippen MR) is 106 cm³/mol. The summed E-state index contributed by atoms with van der Waals surface area (Å²) in [6.07, 6.45) is -0.443. The van der Waals surface area contributed by atoms with E-state index in [0.29, 0.717) is 17.4 Å². The topological polar surface area (TPSA) is 76.1 Å². The lowest BCUT2D eigenvalue weighted by atomic mass is 9.80. The zero-order valence-corrected chi connectivity index (χ0v) is 17.7. The molecule has 154 valence electrons. The summed E-state index contributed by atoms with van der Waals surface area (Å²) >= 11 is 0. The number of benzene rings is 1. The van der Waals surface area contributed by atoms with E-state index in [-0.39, 0.29) is 19.6 Å². The first-order valence-corrected chi connectivity index (χ1v) is 9.35. The average molecular weight is 393 g/mol. The number of fused-ring (bicyclic) bond motifs is 1. The molecule has 0 radical (unpaired) electrons. The van der Waals surface area contributed by atoms with Crippen LogP contribution in [0.1, 0.15) is 64.4 Å². The van der Waals surface area contributed by atoms with Gasteiger partial charge in [0.05, 0.1) is 16.8 Å². The van der Waals surface area contributed by atoms with E-state index in [2.05, 4.69) is 0 Å². The van der Waals surface area contributed by atoms with Crippen LogP contribution in [0.2, 0.25) is 0 Å². The number of carbonyl (C=O) groups is 2. The summed E-state index contributed by atoms with van der Waals surface area (Å²) in [6, 6.07) is 2.94. The number of carbonyl (C=O) groups excluding carboxylic acids is 2. The van der Waals surface area contributed by atoms with Gasteiger partial charge in [-0.2, -0.15) is 0 Å². The Kier molecular flexibility index (Phi) is 5.98. The Bertz CT molecular complexity index is 780.